The van der Waals surface area contributed by atoms with Gasteiger partial charge in [-0.3, -0.25) is 19.3 Å². The summed E-state index contributed by atoms with van der Waals surface area (Å²) in [5.41, 5.74) is 2.24. The summed E-state index contributed by atoms with van der Waals surface area (Å²) in [7, 11) is 0. The predicted molar refractivity (Wildman–Crippen MR) is 133 cm³/mol. The van der Waals surface area contributed by atoms with Crippen LogP contribution >= 0.6 is 11.8 Å². The lowest BCUT2D eigenvalue weighted by Crippen LogP contribution is -2.38. The predicted octanol–water partition coefficient (Wildman–Crippen LogP) is 3.99. The van der Waals surface area contributed by atoms with Crippen LogP contribution in [-0.4, -0.2) is 61.4 Å². The number of hydrogen-bond acceptors (Lipinski definition) is 7. The van der Waals surface area contributed by atoms with Gasteiger partial charge in [0, 0.05) is 18.7 Å². The summed E-state index contributed by atoms with van der Waals surface area (Å²) < 4.78 is 11.1. The number of thioether (sulfide) groups is 1. The van der Waals surface area contributed by atoms with Gasteiger partial charge in [0.25, 0.3) is 11.1 Å². The second kappa shape index (κ2) is 11.2. The Hall–Kier alpha value is -3.30. The first kappa shape index (κ1) is 23.8. The molecule has 9 heteroatoms. The minimum Gasteiger partial charge on any atom is -0.493 e. The van der Waals surface area contributed by atoms with Gasteiger partial charge in [0.15, 0.2) is 0 Å². The molecule has 0 atom stereocenters. The quantitative estimate of drug-likeness (QED) is 0.571. The fourth-order valence-corrected chi connectivity index (χ4v) is 4.54. The van der Waals surface area contributed by atoms with E-state index in [1.807, 2.05) is 55.5 Å². The molecule has 3 amide bonds. The number of nitrogens with one attached hydrogen (secondary N) is 1. The highest BCUT2D eigenvalue weighted by Crippen LogP contribution is 2.34. The Morgan fingerprint density at radius 1 is 1.12 bits per heavy atom. The van der Waals surface area contributed by atoms with Gasteiger partial charge in [0.05, 0.1) is 36.1 Å². The fourth-order valence-electron chi connectivity index (χ4n) is 3.71. The first-order chi connectivity index (χ1) is 16.6. The molecule has 2 heterocycles. The summed E-state index contributed by atoms with van der Waals surface area (Å²) in [5, 5.41) is 2.38. The molecule has 0 spiro atoms. The Bertz CT molecular complexity index is 1100. The van der Waals surface area contributed by atoms with Crippen LogP contribution in [0.4, 0.5) is 16.2 Å². The van der Waals surface area contributed by atoms with E-state index in [0.29, 0.717) is 36.8 Å². The zero-order chi connectivity index (χ0) is 23.9. The number of ether oxygens (including phenoxy) is 2. The molecule has 178 valence electrons. The summed E-state index contributed by atoms with van der Waals surface area (Å²) in [6.45, 7) is 4.91. The van der Waals surface area contributed by atoms with Crippen molar-refractivity contribution in [1.82, 2.24) is 4.90 Å². The third-order valence-electron chi connectivity index (χ3n) is 5.37. The van der Waals surface area contributed by atoms with Crippen LogP contribution in [0.3, 0.4) is 0 Å². The maximum Gasteiger partial charge on any atom is 0.294 e. The number of morpholine rings is 1. The monoisotopic (exact) mass is 481 g/mol. The third-order valence-corrected chi connectivity index (χ3v) is 6.28. The minimum atomic E-state index is -0.489. The van der Waals surface area contributed by atoms with Crippen LogP contribution in [0.25, 0.3) is 6.08 Å². The molecule has 2 saturated heterocycles. The second-order valence-electron chi connectivity index (χ2n) is 7.82. The minimum absolute atomic E-state index is 0.263. The fraction of sp³-hybridized carbons (Fsp3) is 0.320. The van der Waals surface area contributed by atoms with E-state index in [9.17, 15) is 14.4 Å². The number of carbonyl (C=O) groups excluding carboxylic acids is 3. The Morgan fingerprint density at radius 2 is 1.85 bits per heavy atom. The zero-order valence-corrected chi connectivity index (χ0v) is 19.8. The van der Waals surface area contributed by atoms with Crippen LogP contribution in [0.1, 0.15) is 18.9 Å². The van der Waals surface area contributed by atoms with E-state index < -0.39 is 17.1 Å². The maximum absolute atomic E-state index is 12.9. The summed E-state index contributed by atoms with van der Waals surface area (Å²) in [4.78, 5) is 41.6. The SMILES string of the molecule is CCCOc1ccccc1/C=C1/SC(=O)N(CC(=O)Nc2ccccc2N2CCOCC2)C1=O. The van der Waals surface area contributed by atoms with Gasteiger partial charge in [0.1, 0.15) is 12.3 Å². The van der Waals surface area contributed by atoms with E-state index in [4.69, 9.17) is 9.47 Å². The number of nitrogens with zero attached hydrogens (tertiary/aromatic N) is 2. The standard InChI is InChI=1S/C25H27N3O5S/c1-2-13-33-21-10-6-3-7-18(21)16-22-24(30)28(25(31)34-22)17-23(29)26-19-8-4-5-9-20(19)27-11-14-32-15-12-27/h3-10,16H,2,11-15,17H2,1H3,(H,26,29)/b22-16+. The Morgan fingerprint density at radius 3 is 2.65 bits per heavy atom. The van der Waals surface area contributed by atoms with Crippen LogP contribution in [0.5, 0.6) is 5.75 Å². The number of para-hydroxylation sites is 3. The van der Waals surface area contributed by atoms with Crippen LogP contribution in [0, 0.1) is 0 Å². The van der Waals surface area contributed by atoms with Crippen molar-refractivity contribution in [1.29, 1.82) is 0 Å². The average Bonchev–Trinajstić information content (AvgIpc) is 3.11. The Balaban J connectivity index is 1.45. The molecule has 2 fully saturated rings. The number of benzene rings is 2. The first-order valence-electron chi connectivity index (χ1n) is 11.3. The van der Waals surface area contributed by atoms with Gasteiger partial charge in [-0.25, -0.2) is 0 Å². The second-order valence-corrected chi connectivity index (χ2v) is 8.81. The highest BCUT2D eigenvalue weighted by Gasteiger charge is 2.36. The summed E-state index contributed by atoms with van der Waals surface area (Å²) in [5.74, 6) is -0.276. The van der Waals surface area contributed by atoms with E-state index in [1.54, 1.807) is 6.08 Å². The molecule has 2 aromatic rings. The normalized spacial score (nSPS) is 17.4. The van der Waals surface area contributed by atoms with Gasteiger partial charge >= 0.3 is 0 Å². The number of hydrogen-bond donors (Lipinski definition) is 1. The van der Waals surface area contributed by atoms with Crippen molar-refractivity contribution < 1.29 is 23.9 Å². The smallest absolute Gasteiger partial charge is 0.294 e. The highest BCUT2D eigenvalue weighted by molar-refractivity contribution is 8.18. The van der Waals surface area contributed by atoms with Crippen molar-refractivity contribution >= 4 is 46.3 Å². The van der Waals surface area contributed by atoms with Crippen molar-refractivity contribution in [2.24, 2.45) is 0 Å². The molecule has 0 bridgehead atoms. The molecule has 0 radical (unpaired) electrons. The molecule has 4 rings (SSSR count). The molecular weight excluding hydrogens is 454 g/mol. The average molecular weight is 482 g/mol. The van der Waals surface area contributed by atoms with Crippen molar-refractivity contribution in [3.8, 4) is 5.75 Å². The lowest BCUT2D eigenvalue weighted by molar-refractivity contribution is -0.127. The van der Waals surface area contributed by atoms with Crippen LogP contribution in [0.2, 0.25) is 0 Å². The van der Waals surface area contributed by atoms with Gasteiger partial charge < -0.3 is 19.7 Å². The highest BCUT2D eigenvalue weighted by atomic mass is 32.2. The molecule has 8 nitrogen and oxygen atoms in total. The Labute approximate surface area is 202 Å². The van der Waals surface area contributed by atoms with Crippen LogP contribution in [-0.2, 0) is 14.3 Å². The van der Waals surface area contributed by atoms with E-state index in [1.165, 1.54) is 0 Å². The molecular formula is C25H27N3O5S. The van der Waals surface area contributed by atoms with Crippen LogP contribution in [0.15, 0.2) is 53.4 Å². The number of amides is 3. The molecule has 2 aromatic carbocycles. The van der Waals surface area contributed by atoms with Gasteiger partial charge in [-0.15, -0.1) is 0 Å². The van der Waals surface area contributed by atoms with E-state index in [0.717, 1.165) is 41.9 Å². The van der Waals surface area contributed by atoms with Crippen molar-refractivity contribution in [2.75, 3.05) is 49.7 Å². The number of anilines is 2. The van der Waals surface area contributed by atoms with Gasteiger partial charge in [-0.05, 0) is 42.5 Å². The topological polar surface area (TPSA) is 88.2 Å². The zero-order valence-electron chi connectivity index (χ0n) is 19.0. The molecule has 2 aliphatic rings. The van der Waals surface area contributed by atoms with Crippen molar-refractivity contribution in [3.05, 3.63) is 59.0 Å². The van der Waals surface area contributed by atoms with Gasteiger partial charge in [-0.1, -0.05) is 37.3 Å². The van der Waals surface area contributed by atoms with Gasteiger partial charge in [-0.2, -0.15) is 0 Å². The summed E-state index contributed by atoms with van der Waals surface area (Å²) in [6, 6.07) is 14.8. The van der Waals surface area contributed by atoms with Gasteiger partial charge in [0.2, 0.25) is 5.91 Å². The number of imide groups is 1. The molecule has 0 saturated carbocycles. The molecule has 1 N–H and O–H groups in total. The third kappa shape index (κ3) is 5.60. The molecule has 2 aliphatic heterocycles. The van der Waals surface area contributed by atoms with E-state index in [-0.39, 0.29) is 11.4 Å². The summed E-state index contributed by atoms with van der Waals surface area (Å²) in [6.07, 6.45) is 2.50. The maximum atomic E-state index is 12.9. The molecule has 0 aliphatic carbocycles. The number of carbonyl (C=O) groups is 3. The molecule has 0 aromatic heterocycles. The lowest BCUT2D eigenvalue weighted by Gasteiger charge is -2.30. The lowest BCUT2D eigenvalue weighted by atomic mass is 10.2. The van der Waals surface area contributed by atoms with Crippen molar-refractivity contribution in [3.63, 3.8) is 0 Å². The van der Waals surface area contributed by atoms with Crippen LogP contribution < -0.4 is 15.0 Å². The summed E-state index contributed by atoms with van der Waals surface area (Å²) >= 11 is 0.824. The van der Waals surface area contributed by atoms with E-state index in [2.05, 4.69) is 10.2 Å². The van der Waals surface area contributed by atoms with E-state index >= 15 is 0 Å². The number of rotatable bonds is 8. The Kier molecular flexibility index (Phi) is 7.87. The van der Waals surface area contributed by atoms with Crippen molar-refractivity contribution in [2.45, 2.75) is 13.3 Å². The molecule has 0 unspecified atom stereocenters. The first-order valence-corrected chi connectivity index (χ1v) is 12.1. The largest absolute Gasteiger partial charge is 0.493 e. The molecule has 34 heavy (non-hydrogen) atoms.